The summed E-state index contributed by atoms with van der Waals surface area (Å²) in [6.07, 6.45) is 3.29. The number of hydrogen-bond donors (Lipinski definition) is 3. The summed E-state index contributed by atoms with van der Waals surface area (Å²) in [4.78, 5) is 26.5. The van der Waals surface area contributed by atoms with Crippen molar-refractivity contribution in [2.75, 3.05) is 37.0 Å². The molecular formula is C26H29N3O5S2. The van der Waals surface area contributed by atoms with Crippen LogP contribution in [0.4, 0.5) is 16.2 Å². The third kappa shape index (κ3) is 6.13. The maximum Gasteiger partial charge on any atom is 0.350 e. The molecule has 10 heteroatoms. The third-order valence-electron chi connectivity index (χ3n) is 5.86. The van der Waals surface area contributed by atoms with Gasteiger partial charge >= 0.3 is 12.0 Å². The van der Waals surface area contributed by atoms with Crippen molar-refractivity contribution in [2.24, 2.45) is 0 Å². The number of benzene rings is 2. The number of esters is 1. The minimum atomic E-state index is -0.542. The van der Waals surface area contributed by atoms with E-state index in [4.69, 9.17) is 14.2 Å². The fourth-order valence-electron chi connectivity index (χ4n) is 3.99. The molecule has 2 amide bonds. The summed E-state index contributed by atoms with van der Waals surface area (Å²) >= 11 is 5.63. The minimum Gasteiger partial charge on any atom is -0.493 e. The molecule has 4 rings (SSSR count). The Morgan fingerprint density at radius 3 is 2.64 bits per heavy atom. The van der Waals surface area contributed by atoms with Crippen LogP contribution < -0.4 is 24.4 Å². The van der Waals surface area contributed by atoms with E-state index >= 15 is 0 Å². The van der Waals surface area contributed by atoms with Crippen LogP contribution in [0.15, 0.2) is 54.6 Å². The second-order valence-corrected chi connectivity index (χ2v) is 9.67. The summed E-state index contributed by atoms with van der Waals surface area (Å²) in [6.45, 7) is 1.63. The Hall–Kier alpha value is -3.21. The zero-order valence-corrected chi connectivity index (χ0v) is 21.9. The molecule has 1 aliphatic rings. The summed E-state index contributed by atoms with van der Waals surface area (Å²) < 4.78 is 17.4. The van der Waals surface area contributed by atoms with Gasteiger partial charge in [0.2, 0.25) is 0 Å². The van der Waals surface area contributed by atoms with Crippen LogP contribution in [-0.4, -0.2) is 45.4 Å². The number of methoxy groups -OCH3 is 2. The quantitative estimate of drug-likeness (QED) is 0.247. The van der Waals surface area contributed by atoms with Crippen molar-refractivity contribution >= 4 is 47.5 Å². The average Bonchev–Trinajstić information content (AvgIpc) is 3.59. The average molecular weight is 528 g/mol. The fourth-order valence-corrected chi connectivity index (χ4v) is 5.33. The molecule has 2 N–H and O–H groups in total. The normalized spacial score (nSPS) is 14.8. The molecule has 36 heavy (non-hydrogen) atoms. The van der Waals surface area contributed by atoms with E-state index < -0.39 is 12.0 Å². The molecule has 0 radical (unpaired) electrons. The fraction of sp³-hybridized carbons (Fsp3) is 0.308. The highest BCUT2D eigenvalue weighted by Crippen LogP contribution is 2.38. The molecule has 1 fully saturated rings. The number of rotatable bonds is 9. The van der Waals surface area contributed by atoms with Crippen molar-refractivity contribution in [3.05, 3.63) is 59.5 Å². The topological polar surface area (TPSA) is 89.1 Å². The van der Waals surface area contributed by atoms with Crippen LogP contribution in [0.2, 0.25) is 0 Å². The van der Waals surface area contributed by atoms with Crippen molar-refractivity contribution < 1.29 is 23.8 Å². The van der Waals surface area contributed by atoms with Crippen LogP contribution in [0.5, 0.6) is 11.5 Å². The van der Waals surface area contributed by atoms with Gasteiger partial charge < -0.3 is 24.8 Å². The maximum atomic E-state index is 13.0. The predicted molar refractivity (Wildman–Crippen MR) is 146 cm³/mol. The first-order valence-electron chi connectivity index (χ1n) is 11.6. The van der Waals surface area contributed by atoms with Gasteiger partial charge in [-0.1, -0.05) is 43.1 Å². The second kappa shape index (κ2) is 12.2. The number of nitrogens with one attached hydrogen (secondary N) is 2. The molecule has 1 saturated heterocycles. The van der Waals surface area contributed by atoms with E-state index in [0.29, 0.717) is 35.5 Å². The third-order valence-corrected chi connectivity index (χ3v) is 7.41. The van der Waals surface area contributed by atoms with Crippen molar-refractivity contribution in [3.63, 3.8) is 0 Å². The van der Waals surface area contributed by atoms with Crippen molar-refractivity contribution in [3.8, 4) is 21.9 Å². The van der Waals surface area contributed by atoms with Crippen LogP contribution in [0.3, 0.4) is 0 Å². The lowest BCUT2D eigenvalue weighted by atomic mass is 10.2. The molecule has 0 aliphatic carbocycles. The molecule has 0 bridgehead atoms. The van der Waals surface area contributed by atoms with Gasteiger partial charge in [0.1, 0.15) is 4.88 Å². The van der Waals surface area contributed by atoms with Crippen molar-refractivity contribution in [1.82, 2.24) is 5.32 Å². The molecule has 3 aromatic rings. The number of ether oxygens (including phenoxy) is 3. The van der Waals surface area contributed by atoms with E-state index in [2.05, 4.69) is 23.4 Å². The first kappa shape index (κ1) is 25.9. The Balaban J connectivity index is 1.47. The molecule has 1 aromatic heterocycles. The lowest BCUT2D eigenvalue weighted by Crippen LogP contribution is -2.27. The molecule has 190 valence electrons. The first-order chi connectivity index (χ1) is 17.5. The molecule has 8 nitrogen and oxygen atoms in total. The number of hydrogen-bond acceptors (Lipinski definition) is 8. The van der Waals surface area contributed by atoms with Crippen LogP contribution in [0.1, 0.15) is 28.9 Å². The smallest absolute Gasteiger partial charge is 0.350 e. The number of amides is 2. The molecule has 1 unspecified atom stereocenters. The molecule has 0 saturated carbocycles. The number of anilines is 2. The number of thiophene rings is 1. The first-order valence-corrected chi connectivity index (χ1v) is 12.8. The van der Waals surface area contributed by atoms with Gasteiger partial charge in [0.05, 0.1) is 26.5 Å². The number of thiol groups is 1. The van der Waals surface area contributed by atoms with Gasteiger partial charge in [-0.05, 0) is 49.6 Å². The molecule has 2 aromatic carbocycles. The zero-order valence-electron chi connectivity index (χ0n) is 20.2. The lowest BCUT2D eigenvalue weighted by molar-refractivity contribution is 0.0607. The zero-order chi connectivity index (χ0) is 25.5. The van der Waals surface area contributed by atoms with Gasteiger partial charge in [0.25, 0.3) is 0 Å². The Morgan fingerprint density at radius 2 is 1.94 bits per heavy atom. The van der Waals surface area contributed by atoms with Gasteiger partial charge in [-0.15, -0.1) is 11.3 Å². The Morgan fingerprint density at radius 1 is 1.14 bits per heavy atom. The summed E-state index contributed by atoms with van der Waals surface area (Å²) in [5.41, 5.74) is 1.75. The van der Waals surface area contributed by atoms with E-state index in [9.17, 15) is 9.59 Å². The van der Waals surface area contributed by atoms with Gasteiger partial charge in [0.15, 0.2) is 11.5 Å². The second-order valence-electron chi connectivity index (χ2n) is 8.22. The number of urea groups is 1. The van der Waals surface area contributed by atoms with Gasteiger partial charge in [-0.3, -0.25) is 0 Å². The molecular weight excluding hydrogens is 498 g/mol. The van der Waals surface area contributed by atoms with Crippen LogP contribution in [0.25, 0.3) is 10.4 Å². The molecule has 1 aliphatic heterocycles. The van der Waals surface area contributed by atoms with E-state index in [1.165, 1.54) is 31.3 Å². The summed E-state index contributed by atoms with van der Waals surface area (Å²) in [5, 5.41) is 6.25. The lowest BCUT2D eigenvalue weighted by Gasteiger charge is -2.18. The van der Waals surface area contributed by atoms with Crippen LogP contribution >= 0.6 is 24.2 Å². The Labute approximate surface area is 220 Å². The number of carbonyl (C=O) groups excluding carboxylic acids is 2. The molecule has 2 heterocycles. The summed E-state index contributed by atoms with van der Waals surface area (Å²) in [7, 11) is 2.85. The number of carbonyl (C=O) groups is 2. The Bertz CT molecular complexity index is 1200. The van der Waals surface area contributed by atoms with E-state index in [-0.39, 0.29) is 4.88 Å². The van der Waals surface area contributed by atoms with E-state index in [1.807, 2.05) is 30.3 Å². The Kier molecular flexibility index (Phi) is 8.74. The van der Waals surface area contributed by atoms with Crippen molar-refractivity contribution in [1.29, 1.82) is 0 Å². The monoisotopic (exact) mass is 527 g/mol. The van der Waals surface area contributed by atoms with Gasteiger partial charge in [-0.2, -0.15) is 0 Å². The van der Waals surface area contributed by atoms with Gasteiger partial charge in [-0.25, -0.2) is 13.9 Å². The maximum absolute atomic E-state index is 13.0. The number of nitrogens with zero attached hydrogens (tertiary/aromatic N) is 1. The largest absolute Gasteiger partial charge is 0.493 e. The van der Waals surface area contributed by atoms with Crippen molar-refractivity contribution in [2.45, 2.75) is 25.3 Å². The molecule has 1 atom stereocenters. The summed E-state index contributed by atoms with van der Waals surface area (Å²) in [6, 6.07) is 16.5. The standard InChI is InChI=1S/C26H29N3O5S2/c1-32-22-15-19(10-11-21(22)34-14-12-18-9-6-13-27-18)28-26(31)29(35)20-16-23(17-7-4-3-5-8-17)36-24(20)25(30)33-2/h3-5,7-8,10-11,15-16,18,27,35H,6,9,12-14H2,1-2H3,(H,28,31). The minimum absolute atomic E-state index is 0.277. The highest BCUT2D eigenvalue weighted by atomic mass is 32.1. The van der Waals surface area contributed by atoms with Gasteiger partial charge in [0, 0.05) is 22.7 Å². The van der Waals surface area contributed by atoms with Crippen LogP contribution in [-0.2, 0) is 4.74 Å². The van der Waals surface area contributed by atoms with E-state index in [1.54, 1.807) is 31.4 Å². The SMILES string of the molecule is COC(=O)c1sc(-c2ccccc2)cc1N(S)C(=O)Nc1ccc(OCCC2CCCN2)c(OC)c1. The molecule has 0 spiro atoms. The highest BCUT2D eigenvalue weighted by Gasteiger charge is 2.25. The van der Waals surface area contributed by atoms with Crippen LogP contribution in [0, 0.1) is 0 Å². The van der Waals surface area contributed by atoms with E-state index in [0.717, 1.165) is 27.7 Å². The highest BCUT2D eigenvalue weighted by molar-refractivity contribution is 7.82. The summed E-state index contributed by atoms with van der Waals surface area (Å²) in [5.74, 6) is 0.574. The predicted octanol–water partition coefficient (Wildman–Crippen LogP) is 5.61.